The van der Waals surface area contributed by atoms with Gasteiger partial charge in [0.2, 0.25) is 0 Å². The summed E-state index contributed by atoms with van der Waals surface area (Å²) >= 11 is 3.54. The Morgan fingerprint density at radius 2 is 2.00 bits per heavy atom. The number of rotatable bonds is 3. The summed E-state index contributed by atoms with van der Waals surface area (Å²) in [5, 5.41) is 0. The molecule has 78 valence electrons. The molecule has 1 fully saturated rings. The Morgan fingerprint density at radius 3 is 2.71 bits per heavy atom. The van der Waals surface area contributed by atoms with E-state index in [0.29, 0.717) is 0 Å². The molecule has 2 heterocycles. The topological polar surface area (TPSA) is 6.48 Å². The third-order valence-electron chi connectivity index (χ3n) is 2.79. The number of nitrogens with zero attached hydrogens (tertiary/aromatic N) is 2. The van der Waals surface area contributed by atoms with Crippen LogP contribution in [0.2, 0.25) is 0 Å². The molecule has 3 heteroatoms. The van der Waals surface area contributed by atoms with E-state index in [-0.39, 0.29) is 0 Å². The van der Waals surface area contributed by atoms with Gasteiger partial charge in [0, 0.05) is 30.2 Å². The predicted octanol–water partition coefficient (Wildman–Crippen LogP) is 2.54. The van der Waals surface area contributed by atoms with Crippen molar-refractivity contribution in [2.45, 2.75) is 19.3 Å². The highest BCUT2D eigenvalue weighted by Crippen LogP contribution is 2.17. The van der Waals surface area contributed by atoms with Gasteiger partial charge in [0.1, 0.15) is 0 Å². The van der Waals surface area contributed by atoms with Gasteiger partial charge in [-0.3, -0.25) is 0 Å². The molecule has 2 aliphatic heterocycles. The Morgan fingerprint density at radius 1 is 1.21 bits per heavy atom. The first-order chi connectivity index (χ1) is 6.84. The first-order valence-corrected chi connectivity index (χ1v) is 6.15. The van der Waals surface area contributed by atoms with Crippen molar-refractivity contribution in [3.63, 3.8) is 0 Å². The zero-order valence-corrected chi connectivity index (χ0v) is 10.0. The van der Waals surface area contributed by atoms with Gasteiger partial charge in [-0.05, 0) is 32.1 Å². The normalized spacial score (nSPS) is 22.9. The third kappa shape index (κ3) is 2.85. The Hall–Kier alpha value is -0.280. The standard InChI is InChI=1S/C11H17BrN2/c12-11-4-3-7-14(10-11)9-8-13-5-1-2-6-13/h3,7,10H,1-2,4-6,8-9H2. The zero-order chi connectivity index (χ0) is 9.80. The molecule has 0 bridgehead atoms. The van der Waals surface area contributed by atoms with Crippen molar-refractivity contribution < 1.29 is 0 Å². The number of likely N-dealkylation sites (tertiary alicyclic amines) is 1. The average molecular weight is 257 g/mol. The Balaban J connectivity index is 1.74. The van der Waals surface area contributed by atoms with Crippen molar-refractivity contribution >= 4 is 15.9 Å². The van der Waals surface area contributed by atoms with Crippen LogP contribution in [0.25, 0.3) is 0 Å². The number of hydrogen-bond acceptors (Lipinski definition) is 2. The van der Waals surface area contributed by atoms with Crippen LogP contribution >= 0.6 is 15.9 Å². The van der Waals surface area contributed by atoms with E-state index in [1.807, 2.05) is 0 Å². The maximum atomic E-state index is 3.54. The van der Waals surface area contributed by atoms with Crippen molar-refractivity contribution in [2.75, 3.05) is 26.2 Å². The second-order valence-corrected chi connectivity index (χ2v) is 4.97. The van der Waals surface area contributed by atoms with Gasteiger partial charge >= 0.3 is 0 Å². The van der Waals surface area contributed by atoms with Crippen LogP contribution in [0.15, 0.2) is 23.0 Å². The van der Waals surface area contributed by atoms with Gasteiger partial charge in [0.25, 0.3) is 0 Å². The quantitative estimate of drug-likeness (QED) is 0.766. The molecule has 0 atom stereocenters. The zero-order valence-electron chi connectivity index (χ0n) is 8.45. The molecule has 2 nitrogen and oxygen atoms in total. The summed E-state index contributed by atoms with van der Waals surface area (Å²) in [4.78, 5) is 4.82. The van der Waals surface area contributed by atoms with Gasteiger partial charge in [-0.2, -0.15) is 0 Å². The second-order valence-electron chi connectivity index (χ2n) is 3.95. The maximum Gasteiger partial charge on any atom is 0.0347 e. The molecule has 0 aromatic carbocycles. The highest BCUT2D eigenvalue weighted by atomic mass is 79.9. The molecular weight excluding hydrogens is 240 g/mol. The Kier molecular flexibility index (Phi) is 3.65. The monoisotopic (exact) mass is 256 g/mol. The molecule has 0 aromatic rings. The van der Waals surface area contributed by atoms with Crippen LogP contribution < -0.4 is 0 Å². The van der Waals surface area contributed by atoms with Gasteiger partial charge in [-0.15, -0.1) is 0 Å². The van der Waals surface area contributed by atoms with Gasteiger partial charge in [0.15, 0.2) is 0 Å². The lowest BCUT2D eigenvalue weighted by atomic mass is 10.3. The van der Waals surface area contributed by atoms with Crippen LogP contribution in [0.3, 0.4) is 0 Å². The van der Waals surface area contributed by atoms with E-state index in [9.17, 15) is 0 Å². The van der Waals surface area contributed by atoms with Crippen LogP contribution in [0, 0.1) is 0 Å². The summed E-state index contributed by atoms with van der Waals surface area (Å²) in [6.07, 6.45) is 10.4. The van der Waals surface area contributed by atoms with Gasteiger partial charge in [-0.25, -0.2) is 0 Å². The predicted molar refractivity (Wildman–Crippen MR) is 63.1 cm³/mol. The summed E-state index contributed by atoms with van der Waals surface area (Å²) in [5.41, 5.74) is 0. The molecule has 0 unspecified atom stereocenters. The fourth-order valence-corrected chi connectivity index (χ4v) is 2.43. The number of allylic oxidation sites excluding steroid dienone is 2. The van der Waals surface area contributed by atoms with Crippen molar-refractivity contribution in [3.05, 3.63) is 23.0 Å². The maximum absolute atomic E-state index is 3.54. The molecule has 1 saturated heterocycles. The molecular formula is C11H17BrN2. The molecule has 2 rings (SSSR count). The molecule has 0 amide bonds. The van der Waals surface area contributed by atoms with Crippen LogP contribution in [-0.4, -0.2) is 36.0 Å². The molecule has 0 N–H and O–H groups in total. The lowest BCUT2D eigenvalue weighted by molar-refractivity contribution is 0.306. The van der Waals surface area contributed by atoms with E-state index in [1.165, 1.54) is 37.0 Å². The minimum Gasteiger partial charge on any atom is -0.352 e. The molecule has 0 aliphatic carbocycles. The largest absolute Gasteiger partial charge is 0.352 e. The summed E-state index contributed by atoms with van der Waals surface area (Å²) in [6, 6.07) is 0. The molecule has 0 spiro atoms. The lowest BCUT2D eigenvalue weighted by Gasteiger charge is -2.23. The van der Waals surface area contributed by atoms with Crippen molar-refractivity contribution in [3.8, 4) is 0 Å². The SMILES string of the molecule is BrC1=CN(CCN2CCCC2)C=CC1. The van der Waals surface area contributed by atoms with Gasteiger partial charge < -0.3 is 9.80 Å². The lowest BCUT2D eigenvalue weighted by Crippen LogP contribution is -2.29. The van der Waals surface area contributed by atoms with E-state index < -0.39 is 0 Å². The van der Waals surface area contributed by atoms with E-state index >= 15 is 0 Å². The second kappa shape index (κ2) is 4.99. The van der Waals surface area contributed by atoms with E-state index in [4.69, 9.17) is 0 Å². The molecule has 2 aliphatic rings. The first kappa shape index (κ1) is 10.2. The van der Waals surface area contributed by atoms with Crippen LogP contribution in [0.4, 0.5) is 0 Å². The smallest absolute Gasteiger partial charge is 0.0347 e. The van der Waals surface area contributed by atoms with Crippen LogP contribution in [0.1, 0.15) is 19.3 Å². The number of hydrogen-bond donors (Lipinski definition) is 0. The van der Waals surface area contributed by atoms with Gasteiger partial charge in [-0.1, -0.05) is 22.0 Å². The minimum absolute atomic E-state index is 1.04. The fraction of sp³-hybridized carbons (Fsp3) is 0.636. The van der Waals surface area contributed by atoms with Crippen molar-refractivity contribution in [1.29, 1.82) is 0 Å². The number of halogens is 1. The van der Waals surface area contributed by atoms with Crippen molar-refractivity contribution in [2.24, 2.45) is 0 Å². The summed E-state index contributed by atoms with van der Waals surface area (Å²) in [7, 11) is 0. The summed E-state index contributed by atoms with van der Waals surface area (Å²) in [5.74, 6) is 0. The van der Waals surface area contributed by atoms with Crippen LogP contribution in [-0.2, 0) is 0 Å². The third-order valence-corrected chi connectivity index (χ3v) is 3.32. The van der Waals surface area contributed by atoms with Gasteiger partial charge in [0.05, 0.1) is 0 Å². The summed E-state index contributed by atoms with van der Waals surface area (Å²) in [6.45, 7) is 4.90. The highest BCUT2D eigenvalue weighted by Gasteiger charge is 2.11. The highest BCUT2D eigenvalue weighted by molar-refractivity contribution is 9.11. The van der Waals surface area contributed by atoms with E-state index in [2.05, 4.69) is 44.2 Å². The Bertz CT molecular complexity index is 242. The average Bonchev–Trinajstić information content (AvgIpc) is 2.67. The molecule has 0 saturated carbocycles. The van der Waals surface area contributed by atoms with Crippen LogP contribution in [0.5, 0.6) is 0 Å². The molecule has 0 radical (unpaired) electrons. The summed E-state index contributed by atoms with van der Waals surface area (Å²) < 4.78 is 1.28. The molecule has 0 aromatic heterocycles. The fourth-order valence-electron chi connectivity index (χ4n) is 1.98. The first-order valence-electron chi connectivity index (χ1n) is 5.35. The van der Waals surface area contributed by atoms with E-state index in [0.717, 1.165) is 13.0 Å². The van der Waals surface area contributed by atoms with Crippen molar-refractivity contribution in [1.82, 2.24) is 9.80 Å². The minimum atomic E-state index is 1.04. The molecule has 14 heavy (non-hydrogen) atoms. The van der Waals surface area contributed by atoms with E-state index in [1.54, 1.807) is 0 Å². The Labute approximate surface area is 94.4 Å².